The van der Waals surface area contributed by atoms with E-state index in [-0.39, 0.29) is 11.9 Å². The van der Waals surface area contributed by atoms with Crippen molar-refractivity contribution in [2.75, 3.05) is 26.7 Å². The van der Waals surface area contributed by atoms with Crippen LogP contribution in [0.25, 0.3) is 10.9 Å². The monoisotopic (exact) mass is 312 g/mol. The third-order valence-corrected chi connectivity index (χ3v) is 4.75. The molecule has 1 aromatic carbocycles. The Labute approximate surface area is 137 Å². The minimum Gasteiger partial charge on any atom is -0.468 e. The van der Waals surface area contributed by atoms with Crippen molar-refractivity contribution >= 4 is 16.9 Å². The van der Waals surface area contributed by atoms with Crippen LogP contribution in [0, 0.1) is 0 Å². The summed E-state index contributed by atoms with van der Waals surface area (Å²) < 4.78 is 5.07. The van der Waals surface area contributed by atoms with E-state index in [0.29, 0.717) is 6.54 Å². The summed E-state index contributed by atoms with van der Waals surface area (Å²) in [7, 11) is 1.46. The maximum absolute atomic E-state index is 12.4. The van der Waals surface area contributed by atoms with Gasteiger partial charge in [-0.25, -0.2) is 0 Å². The first kappa shape index (κ1) is 15.8. The molecule has 23 heavy (non-hydrogen) atoms. The van der Waals surface area contributed by atoms with Crippen molar-refractivity contribution in [1.82, 2.24) is 9.88 Å². The summed E-state index contributed by atoms with van der Waals surface area (Å²) in [6.07, 6.45) is 1.90. The summed E-state index contributed by atoms with van der Waals surface area (Å²) in [5.74, 6) is -0.443. The van der Waals surface area contributed by atoms with Gasteiger partial charge in [0.15, 0.2) is 0 Å². The molecule has 1 aliphatic rings. The second kappa shape index (κ2) is 6.59. The number of H-pyrrole nitrogens is 1. The third-order valence-electron chi connectivity index (χ3n) is 4.75. The van der Waals surface area contributed by atoms with E-state index in [1.165, 1.54) is 23.6 Å². The molecule has 4 nitrogen and oxygen atoms in total. The van der Waals surface area contributed by atoms with Gasteiger partial charge in [0.05, 0.1) is 7.11 Å². The Morgan fingerprint density at radius 2 is 2.22 bits per heavy atom. The molecule has 0 radical (unpaired) electrons. The summed E-state index contributed by atoms with van der Waals surface area (Å²) in [5, 5.41) is 1.22. The van der Waals surface area contributed by atoms with Crippen LogP contribution in [0.4, 0.5) is 0 Å². The van der Waals surface area contributed by atoms with E-state index in [1.54, 1.807) is 0 Å². The molecule has 0 spiro atoms. The average molecular weight is 312 g/mol. The van der Waals surface area contributed by atoms with Gasteiger partial charge in [0.1, 0.15) is 5.92 Å². The number of methoxy groups -OCH3 is 1. The van der Waals surface area contributed by atoms with E-state index in [9.17, 15) is 4.79 Å². The highest BCUT2D eigenvalue weighted by Gasteiger charge is 2.31. The van der Waals surface area contributed by atoms with Crippen LogP contribution < -0.4 is 0 Å². The number of benzene rings is 1. The molecule has 122 valence electrons. The Morgan fingerprint density at radius 1 is 1.43 bits per heavy atom. The van der Waals surface area contributed by atoms with Crippen molar-refractivity contribution in [3.63, 3.8) is 0 Å². The molecule has 0 aliphatic carbocycles. The van der Waals surface area contributed by atoms with Gasteiger partial charge in [-0.05, 0) is 24.5 Å². The fraction of sp³-hybridized carbons (Fsp3) is 0.421. The lowest BCUT2D eigenvalue weighted by Crippen LogP contribution is -2.33. The fourth-order valence-corrected chi connectivity index (χ4v) is 3.40. The number of carbonyl (C=O) groups excluding carboxylic acids is 1. The summed E-state index contributed by atoms with van der Waals surface area (Å²) in [4.78, 5) is 18.1. The van der Waals surface area contributed by atoms with Gasteiger partial charge in [-0.3, -0.25) is 9.69 Å². The topological polar surface area (TPSA) is 45.3 Å². The number of para-hydroxylation sites is 1. The molecule has 0 saturated carbocycles. The van der Waals surface area contributed by atoms with Crippen LogP contribution in [0.3, 0.4) is 0 Å². The van der Waals surface area contributed by atoms with E-state index in [2.05, 4.69) is 35.5 Å². The van der Waals surface area contributed by atoms with Gasteiger partial charge >= 0.3 is 5.97 Å². The number of hydrogen-bond acceptors (Lipinski definition) is 3. The van der Waals surface area contributed by atoms with Crippen molar-refractivity contribution in [1.29, 1.82) is 0 Å². The minimum absolute atomic E-state index is 0.174. The van der Waals surface area contributed by atoms with Gasteiger partial charge in [-0.2, -0.15) is 0 Å². The van der Waals surface area contributed by atoms with Crippen molar-refractivity contribution in [2.45, 2.75) is 25.7 Å². The van der Waals surface area contributed by atoms with Gasteiger partial charge in [0.25, 0.3) is 0 Å². The number of aromatic nitrogens is 1. The number of ether oxygens (including phenoxy) is 1. The Balaban J connectivity index is 1.99. The standard InChI is InChI=1S/C19H24N2O2/c1-4-13(2)11-21-10-9-15-14-7-5-6-8-17(14)20-18(15)16(12-21)19(22)23-3/h5-8,16,20H,2,4,9-12H2,1,3H3. The molecule has 2 heterocycles. The molecule has 4 heteroatoms. The van der Waals surface area contributed by atoms with Crippen molar-refractivity contribution in [2.24, 2.45) is 0 Å². The normalized spacial score (nSPS) is 18.4. The highest BCUT2D eigenvalue weighted by atomic mass is 16.5. The van der Waals surface area contributed by atoms with E-state index in [0.717, 1.165) is 37.1 Å². The third kappa shape index (κ3) is 3.04. The molecule has 0 saturated heterocycles. The van der Waals surface area contributed by atoms with Crippen LogP contribution in [-0.2, 0) is 16.0 Å². The van der Waals surface area contributed by atoms with Crippen molar-refractivity contribution in [3.05, 3.63) is 47.7 Å². The lowest BCUT2D eigenvalue weighted by atomic mass is 10.00. The van der Waals surface area contributed by atoms with Crippen LogP contribution in [0.1, 0.15) is 30.5 Å². The Morgan fingerprint density at radius 3 is 2.96 bits per heavy atom. The molecule has 0 amide bonds. The largest absolute Gasteiger partial charge is 0.468 e. The maximum atomic E-state index is 12.4. The molecule has 1 atom stereocenters. The molecule has 3 rings (SSSR count). The Kier molecular flexibility index (Phi) is 4.53. The number of hydrogen-bond donors (Lipinski definition) is 1. The summed E-state index contributed by atoms with van der Waals surface area (Å²) in [5.41, 5.74) is 4.56. The summed E-state index contributed by atoms with van der Waals surface area (Å²) in [6, 6.07) is 8.25. The van der Waals surface area contributed by atoms with Crippen LogP contribution in [0.15, 0.2) is 36.4 Å². The second-order valence-electron chi connectivity index (χ2n) is 6.23. The zero-order valence-corrected chi connectivity index (χ0v) is 13.9. The number of esters is 1. The van der Waals surface area contributed by atoms with Gasteiger partial charge in [-0.1, -0.05) is 37.3 Å². The quantitative estimate of drug-likeness (QED) is 0.696. The van der Waals surface area contributed by atoms with Crippen LogP contribution in [0.2, 0.25) is 0 Å². The van der Waals surface area contributed by atoms with Crippen LogP contribution in [0.5, 0.6) is 0 Å². The average Bonchev–Trinajstić information content (AvgIpc) is 2.85. The lowest BCUT2D eigenvalue weighted by Gasteiger charge is -2.24. The molecule has 0 fully saturated rings. The van der Waals surface area contributed by atoms with E-state index in [1.807, 2.05) is 12.1 Å². The number of nitrogens with one attached hydrogen (secondary N) is 1. The van der Waals surface area contributed by atoms with Gasteiger partial charge in [0, 0.05) is 36.2 Å². The SMILES string of the molecule is C=C(CC)CN1CCc2c([nH]c3ccccc23)C(C(=O)OC)C1. The molecule has 2 aromatic rings. The predicted octanol–water partition coefficient (Wildman–Crippen LogP) is 3.25. The van der Waals surface area contributed by atoms with E-state index in [4.69, 9.17) is 4.74 Å². The Hall–Kier alpha value is -2.07. The van der Waals surface area contributed by atoms with E-state index >= 15 is 0 Å². The van der Waals surface area contributed by atoms with Gasteiger partial charge in [-0.15, -0.1) is 0 Å². The van der Waals surface area contributed by atoms with Crippen molar-refractivity contribution < 1.29 is 9.53 Å². The van der Waals surface area contributed by atoms with E-state index < -0.39 is 0 Å². The minimum atomic E-state index is -0.269. The first-order valence-corrected chi connectivity index (χ1v) is 8.20. The van der Waals surface area contributed by atoms with Gasteiger partial charge in [0.2, 0.25) is 0 Å². The molecule has 1 aliphatic heterocycles. The lowest BCUT2D eigenvalue weighted by molar-refractivity contribution is -0.142. The predicted molar refractivity (Wildman–Crippen MR) is 92.6 cm³/mol. The summed E-state index contributed by atoms with van der Waals surface area (Å²) in [6.45, 7) is 8.67. The summed E-state index contributed by atoms with van der Waals surface area (Å²) >= 11 is 0. The number of rotatable bonds is 4. The number of fused-ring (bicyclic) bond motifs is 3. The highest BCUT2D eigenvalue weighted by molar-refractivity contribution is 5.88. The molecule has 1 aromatic heterocycles. The second-order valence-corrected chi connectivity index (χ2v) is 6.23. The van der Waals surface area contributed by atoms with Crippen LogP contribution >= 0.6 is 0 Å². The first-order chi connectivity index (χ1) is 11.1. The molecular weight excluding hydrogens is 288 g/mol. The smallest absolute Gasteiger partial charge is 0.315 e. The number of carbonyl (C=O) groups is 1. The molecular formula is C19H24N2O2. The van der Waals surface area contributed by atoms with Gasteiger partial charge < -0.3 is 9.72 Å². The molecule has 0 bridgehead atoms. The fourth-order valence-electron chi connectivity index (χ4n) is 3.40. The van der Waals surface area contributed by atoms with Crippen LogP contribution in [-0.4, -0.2) is 42.6 Å². The first-order valence-electron chi connectivity index (χ1n) is 8.20. The Bertz CT molecular complexity index is 732. The van der Waals surface area contributed by atoms with Crippen molar-refractivity contribution in [3.8, 4) is 0 Å². The number of nitrogens with zero attached hydrogens (tertiary/aromatic N) is 1. The number of aromatic amines is 1. The highest BCUT2D eigenvalue weighted by Crippen LogP contribution is 2.32. The molecule has 1 N–H and O–H groups in total. The zero-order chi connectivity index (χ0) is 16.4. The molecule has 1 unspecified atom stereocenters. The maximum Gasteiger partial charge on any atom is 0.315 e. The zero-order valence-electron chi connectivity index (χ0n) is 13.9.